The molecule has 2 aromatic carbocycles. The zero-order valence-electron chi connectivity index (χ0n) is 12.4. The maximum absolute atomic E-state index is 12.0. The minimum atomic E-state index is -0.516. The summed E-state index contributed by atoms with van der Waals surface area (Å²) in [6.45, 7) is 1.57. The number of ether oxygens (including phenoxy) is 2. The van der Waals surface area contributed by atoms with E-state index in [0.29, 0.717) is 16.9 Å². The summed E-state index contributed by atoms with van der Waals surface area (Å²) in [5.41, 5.74) is 0.933. The van der Waals surface area contributed by atoms with Gasteiger partial charge in [-0.2, -0.15) is 0 Å². The summed E-state index contributed by atoms with van der Waals surface area (Å²) in [4.78, 5) is 23.9. The van der Waals surface area contributed by atoms with Crippen LogP contribution in [0.15, 0.2) is 66.4 Å². The van der Waals surface area contributed by atoms with Crippen molar-refractivity contribution in [2.45, 2.75) is 6.92 Å². The van der Waals surface area contributed by atoms with Crippen LogP contribution in [0.4, 0.5) is 0 Å². The van der Waals surface area contributed by atoms with Crippen molar-refractivity contribution in [1.29, 1.82) is 0 Å². The maximum atomic E-state index is 12.0. The second-order valence-electron chi connectivity index (χ2n) is 4.60. The standard InChI is InChI=1S/C18H16O4/c1-13(12-17(19)14-6-4-3-5-7-14)22-18(20)15-8-10-16(21-2)11-9-15/h3-12H,1-2H3/b13-12+. The summed E-state index contributed by atoms with van der Waals surface area (Å²) in [7, 11) is 1.55. The van der Waals surface area contributed by atoms with Crippen molar-refractivity contribution in [3.63, 3.8) is 0 Å². The Morgan fingerprint density at radius 3 is 2.14 bits per heavy atom. The van der Waals surface area contributed by atoms with Crippen LogP contribution in [-0.2, 0) is 4.74 Å². The molecular formula is C18H16O4. The molecule has 0 aliphatic rings. The Morgan fingerprint density at radius 1 is 0.909 bits per heavy atom. The molecule has 2 aromatic rings. The Morgan fingerprint density at radius 2 is 1.55 bits per heavy atom. The highest BCUT2D eigenvalue weighted by molar-refractivity contribution is 6.05. The van der Waals surface area contributed by atoms with Crippen LogP contribution < -0.4 is 4.74 Å². The zero-order chi connectivity index (χ0) is 15.9. The lowest BCUT2D eigenvalue weighted by Crippen LogP contribution is -2.05. The zero-order valence-corrected chi connectivity index (χ0v) is 12.4. The van der Waals surface area contributed by atoms with Crippen molar-refractivity contribution >= 4 is 11.8 Å². The Labute approximate surface area is 129 Å². The second-order valence-corrected chi connectivity index (χ2v) is 4.60. The maximum Gasteiger partial charge on any atom is 0.343 e. The highest BCUT2D eigenvalue weighted by Crippen LogP contribution is 2.13. The SMILES string of the molecule is COc1ccc(C(=O)O/C(C)=C/C(=O)c2ccccc2)cc1. The number of allylic oxidation sites excluding steroid dienone is 2. The smallest absolute Gasteiger partial charge is 0.343 e. The number of carbonyl (C=O) groups is 2. The van der Waals surface area contributed by atoms with E-state index < -0.39 is 5.97 Å². The Kier molecular flexibility index (Phi) is 5.09. The van der Waals surface area contributed by atoms with Crippen LogP contribution in [-0.4, -0.2) is 18.9 Å². The molecule has 0 N–H and O–H groups in total. The van der Waals surface area contributed by atoms with E-state index in [1.165, 1.54) is 6.08 Å². The van der Waals surface area contributed by atoms with Gasteiger partial charge in [0.1, 0.15) is 11.5 Å². The molecule has 22 heavy (non-hydrogen) atoms. The minimum Gasteiger partial charge on any atom is -0.497 e. The molecule has 112 valence electrons. The molecule has 0 radical (unpaired) electrons. The first kappa shape index (κ1) is 15.5. The van der Waals surface area contributed by atoms with Gasteiger partial charge in [-0.1, -0.05) is 30.3 Å². The van der Waals surface area contributed by atoms with Gasteiger partial charge in [0.15, 0.2) is 5.78 Å². The summed E-state index contributed by atoms with van der Waals surface area (Å²) >= 11 is 0. The van der Waals surface area contributed by atoms with E-state index in [1.807, 2.05) is 6.07 Å². The van der Waals surface area contributed by atoms with Gasteiger partial charge < -0.3 is 9.47 Å². The molecule has 0 atom stereocenters. The van der Waals surface area contributed by atoms with Gasteiger partial charge >= 0.3 is 5.97 Å². The first-order valence-electron chi connectivity index (χ1n) is 6.74. The monoisotopic (exact) mass is 296 g/mol. The van der Waals surface area contributed by atoms with Crippen LogP contribution in [0.25, 0.3) is 0 Å². The molecule has 0 aromatic heterocycles. The van der Waals surface area contributed by atoms with Gasteiger partial charge in [-0.15, -0.1) is 0 Å². The van der Waals surface area contributed by atoms with Gasteiger partial charge in [0.25, 0.3) is 0 Å². The van der Waals surface area contributed by atoms with Crippen LogP contribution in [0.5, 0.6) is 5.75 Å². The third-order valence-corrected chi connectivity index (χ3v) is 2.97. The number of hydrogen-bond acceptors (Lipinski definition) is 4. The fraction of sp³-hybridized carbons (Fsp3) is 0.111. The predicted octanol–water partition coefficient (Wildman–Crippen LogP) is 3.64. The van der Waals surface area contributed by atoms with Gasteiger partial charge in [0, 0.05) is 11.6 Å². The molecule has 0 saturated heterocycles. The van der Waals surface area contributed by atoms with Gasteiger partial charge in [-0.3, -0.25) is 4.79 Å². The molecule has 0 heterocycles. The van der Waals surface area contributed by atoms with E-state index >= 15 is 0 Å². The van der Waals surface area contributed by atoms with Crippen molar-refractivity contribution in [3.05, 3.63) is 77.6 Å². The van der Waals surface area contributed by atoms with Crippen LogP contribution >= 0.6 is 0 Å². The summed E-state index contributed by atoms with van der Waals surface area (Å²) in [6, 6.07) is 15.3. The van der Waals surface area contributed by atoms with E-state index in [4.69, 9.17) is 9.47 Å². The second kappa shape index (κ2) is 7.22. The number of benzene rings is 2. The van der Waals surface area contributed by atoms with E-state index in [-0.39, 0.29) is 11.5 Å². The highest BCUT2D eigenvalue weighted by atomic mass is 16.5. The molecule has 0 aliphatic carbocycles. The molecule has 0 saturated carbocycles. The largest absolute Gasteiger partial charge is 0.497 e. The molecule has 0 amide bonds. The van der Waals surface area contributed by atoms with E-state index in [2.05, 4.69) is 0 Å². The Balaban J connectivity index is 2.04. The van der Waals surface area contributed by atoms with Crippen LogP contribution in [0.3, 0.4) is 0 Å². The lowest BCUT2D eigenvalue weighted by Gasteiger charge is -2.05. The summed E-state index contributed by atoms with van der Waals surface area (Å²) in [5.74, 6) is 0.177. The lowest BCUT2D eigenvalue weighted by molar-refractivity contribution is 0.0625. The minimum absolute atomic E-state index is 0.208. The molecule has 4 heteroatoms. The molecule has 0 unspecified atom stereocenters. The molecular weight excluding hydrogens is 280 g/mol. The highest BCUT2D eigenvalue weighted by Gasteiger charge is 2.10. The van der Waals surface area contributed by atoms with Crippen molar-refractivity contribution < 1.29 is 19.1 Å². The summed E-state index contributed by atoms with van der Waals surface area (Å²) in [5, 5.41) is 0. The molecule has 0 aliphatic heterocycles. The van der Waals surface area contributed by atoms with Gasteiger partial charge in [-0.05, 0) is 31.2 Å². The quantitative estimate of drug-likeness (QED) is 0.366. The molecule has 2 rings (SSSR count). The van der Waals surface area contributed by atoms with E-state index in [0.717, 1.165) is 0 Å². The summed E-state index contributed by atoms with van der Waals surface area (Å²) < 4.78 is 10.2. The van der Waals surface area contributed by atoms with E-state index in [9.17, 15) is 9.59 Å². The average Bonchev–Trinajstić information content (AvgIpc) is 2.55. The fourth-order valence-electron chi connectivity index (χ4n) is 1.83. The normalized spacial score (nSPS) is 10.9. The summed E-state index contributed by atoms with van der Waals surface area (Å²) in [6.07, 6.45) is 1.30. The number of ketones is 1. The Bertz CT molecular complexity index is 685. The van der Waals surface area contributed by atoms with Gasteiger partial charge in [0.2, 0.25) is 0 Å². The molecule has 4 nitrogen and oxygen atoms in total. The molecule has 0 bridgehead atoms. The number of rotatable bonds is 5. The van der Waals surface area contributed by atoms with Crippen molar-refractivity contribution in [1.82, 2.24) is 0 Å². The number of carbonyl (C=O) groups excluding carboxylic acids is 2. The van der Waals surface area contributed by atoms with Crippen LogP contribution in [0, 0.1) is 0 Å². The third-order valence-electron chi connectivity index (χ3n) is 2.97. The topological polar surface area (TPSA) is 52.6 Å². The van der Waals surface area contributed by atoms with Gasteiger partial charge in [0.05, 0.1) is 12.7 Å². The average molecular weight is 296 g/mol. The Hall–Kier alpha value is -2.88. The van der Waals surface area contributed by atoms with E-state index in [1.54, 1.807) is 62.6 Å². The lowest BCUT2D eigenvalue weighted by atomic mass is 10.1. The first-order valence-corrected chi connectivity index (χ1v) is 6.74. The first-order chi connectivity index (χ1) is 10.6. The molecule has 0 fully saturated rings. The predicted molar refractivity (Wildman–Crippen MR) is 82.9 cm³/mol. The number of methoxy groups -OCH3 is 1. The van der Waals surface area contributed by atoms with Crippen LogP contribution in [0.2, 0.25) is 0 Å². The third kappa shape index (κ3) is 4.06. The number of esters is 1. The molecule has 0 spiro atoms. The van der Waals surface area contributed by atoms with Gasteiger partial charge in [-0.25, -0.2) is 4.79 Å². The van der Waals surface area contributed by atoms with Crippen LogP contribution in [0.1, 0.15) is 27.6 Å². The van der Waals surface area contributed by atoms with Crippen molar-refractivity contribution in [2.24, 2.45) is 0 Å². The van der Waals surface area contributed by atoms with Crippen molar-refractivity contribution in [3.8, 4) is 5.75 Å². The number of hydrogen-bond donors (Lipinski definition) is 0. The fourth-order valence-corrected chi connectivity index (χ4v) is 1.83. The van der Waals surface area contributed by atoms with Crippen molar-refractivity contribution in [2.75, 3.05) is 7.11 Å².